The largest absolute Gasteiger partial charge is 0.416 e. The van der Waals surface area contributed by atoms with Crippen LogP contribution >= 0.6 is 0 Å². The Morgan fingerprint density at radius 1 is 1.33 bits per heavy atom. The molecule has 5 heteroatoms. The van der Waals surface area contributed by atoms with Gasteiger partial charge in [0.25, 0.3) is 0 Å². The van der Waals surface area contributed by atoms with Gasteiger partial charge in [-0.3, -0.25) is 0 Å². The summed E-state index contributed by atoms with van der Waals surface area (Å²) in [5.41, 5.74) is 0.629. The Morgan fingerprint density at radius 2 is 2.00 bits per heavy atom. The summed E-state index contributed by atoms with van der Waals surface area (Å²) in [6.45, 7) is 4.26. The number of benzene rings is 1. The quantitative estimate of drug-likeness (QED) is 0.815. The van der Waals surface area contributed by atoms with Gasteiger partial charge in [-0.25, -0.2) is 4.98 Å². The molecule has 1 aliphatic rings. The van der Waals surface area contributed by atoms with Gasteiger partial charge in [0.1, 0.15) is 5.82 Å². The zero-order valence-electron chi connectivity index (χ0n) is 10.1. The number of nitrogens with one attached hydrogen (secondary N) is 1. The number of H-pyrrole nitrogens is 1. The molecular weight excluding hydrogens is 241 g/mol. The molecule has 96 valence electrons. The minimum Gasteiger partial charge on any atom is -0.342 e. The van der Waals surface area contributed by atoms with Crippen molar-refractivity contribution >= 4 is 11.0 Å². The maximum atomic E-state index is 12.6. The summed E-state index contributed by atoms with van der Waals surface area (Å²) in [6, 6.07) is 3.62. The third kappa shape index (κ3) is 1.78. The fraction of sp³-hybridized carbons (Fsp3) is 0.462. The first-order chi connectivity index (χ1) is 8.27. The van der Waals surface area contributed by atoms with Crippen LogP contribution in [0.1, 0.15) is 37.6 Å². The van der Waals surface area contributed by atoms with E-state index in [1.54, 1.807) is 0 Å². The van der Waals surface area contributed by atoms with Crippen LogP contribution in [0.3, 0.4) is 0 Å². The van der Waals surface area contributed by atoms with Crippen LogP contribution in [0, 0.1) is 5.41 Å². The molecule has 1 N–H and O–H groups in total. The van der Waals surface area contributed by atoms with E-state index in [1.807, 2.05) is 0 Å². The lowest BCUT2D eigenvalue weighted by Gasteiger charge is -2.05. The number of halogens is 3. The Bertz CT molecular complexity index is 610. The summed E-state index contributed by atoms with van der Waals surface area (Å²) in [5, 5.41) is 0. The van der Waals surface area contributed by atoms with E-state index in [0.717, 1.165) is 24.4 Å². The molecule has 2 nitrogen and oxygen atoms in total. The highest BCUT2D eigenvalue weighted by molar-refractivity contribution is 5.76. The number of rotatable bonds is 1. The standard InChI is InChI=1S/C13H13F3N2/c1-12(2)6-8(12)11-17-9-4-3-7(13(14,15)16)5-10(9)18-11/h3-5,8H,6H2,1-2H3,(H,17,18). The van der Waals surface area contributed by atoms with Gasteiger partial charge in [0.05, 0.1) is 16.6 Å². The van der Waals surface area contributed by atoms with E-state index in [4.69, 9.17) is 0 Å². The third-order valence-corrected chi connectivity index (χ3v) is 3.67. The number of imidazole rings is 1. The molecule has 0 amide bonds. The first-order valence-corrected chi connectivity index (χ1v) is 5.84. The molecule has 1 aromatic heterocycles. The highest BCUT2D eigenvalue weighted by Crippen LogP contribution is 2.57. The summed E-state index contributed by atoms with van der Waals surface area (Å²) in [6.07, 6.45) is -3.28. The number of fused-ring (bicyclic) bond motifs is 1. The second kappa shape index (κ2) is 3.28. The molecule has 1 heterocycles. The Hall–Kier alpha value is -1.52. The van der Waals surface area contributed by atoms with E-state index >= 15 is 0 Å². The minimum absolute atomic E-state index is 0.209. The number of hydrogen-bond donors (Lipinski definition) is 1. The molecule has 0 saturated heterocycles. The zero-order chi connectivity index (χ0) is 13.1. The lowest BCUT2D eigenvalue weighted by molar-refractivity contribution is -0.137. The van der Waals surface area contributed by atoms with Gasteiger partial charge in [0, 0.05) is 5.92 Å². The van der Waals surface area contributed by atoms with Crippen molar-refractivity contribution in [1.82, 2.24) is 9.97 Å². The molecule has 3 rings (SSSR count). The van der Waals surface area contributed by atoms with Gasteiger partial charge in [-0.15, -0.1) is 0 Å². The van der Waals surface area contributed by atoms with Gasteiger partial charge in [0.15, 0.2) is 0 Å². The lowest BCUT2D eigenvalue weighted by Crippen LogP contribution is -2.04. The summed E-state index contributed by atoms with van der Waals surface area (Å²) in [5.74, 6) is 1.13. The molecule has 0 bridgehead atoms. The number of alkyl halides is 3. The van der Waals surface area contributed by atoms with E-state index < -0.39 is 11.7 Å². The van der Waals surface area contributed by atoms with Crippen LogP contribution in [-0.4, -0.2) is 9.97 Å². The Kier molecular flexibility index (Phi) is 2.10. The average molecular weight is 254 g/mol. The van der Waals surface area contributed by atoms with Crippen molar-refractivity contribution in [1.29, 1.82) is 0 Å². The van der Waals surface area contributed by atoms with Gasteiger partial charge in [0.2, 0.25) is 0 Å². The van der Waals surface area contributed by atoms with Crippen molar-refractivity contribution < 1.29 is 13.2 Å². The van der Waals surface area contributed by atoms with Crippen molar-refractivity contribution in [2.45, 2.75) is 32.4 Å². The van der Waals surface area contributed by atoms with Crippen LogP contribution < -0.4 is 0 Å². The maximum absolute atomic E-state index is 12.6. The molecule has 1 aliphatic carbocycles. The minimum atomic E-state index is -4.31. The lowest BCUT2D eigenvalue weighted by atomic mass is 10.1. The summed E-state index contributed by atoms with van der Waals surface area (Å²) < 4.78 is 37.7. The van der Waals surface area contributed by atoms with E-state index in [1.165, 1.54) is 6.07 Å². The van der Waals surface area contributed by atoms with E-state index in [-0.39, 0.29) is 5.41 Å². The zero-order valence-corrected chi connectivity index (χ0v) is 10.1. The number of hydrogen-bond acceptors (Lipinski definition) is 1. The van der Waals surface area contributed by atoms with Crippen LogP contribution in [0.2, 0.25) is 0 Å². The van der Waals surface area contributed by atoms with E-state index in [0.29, 0.717) is 17.0 Å². The van der Waals surface area contributed by atoms with Gasteiger partial charge in [-0.2, -0.15) is 13.2 Å². The molecule has 2 aromatic rings. The van der Waals surface area contributed by atoms with Crippen molar-refractivity contribution in [3.05, 3.63) is 29.6 Å². The molecule has 1 unspecified atom stereocenters. The second-order valence-corrected chi connectivity index (χ2v) is 5.60. The van der Waals surface area contributed by atoms with Crippen LogP contribution in [-0.2, 0) is 6.18 Å². The highest BCUT2D eigenvalue weighted by atomic mass is 19.4. The molecule has 1 aromatic carbocycles. The summed E-state index contributed by atoms with van der Waals surface area (Å²) >= 11 is 0. The smallest absolute Gasteiger partial charge is 0.342 e. The van der Waals surface area contributed by atoms with Gasteiger partial charge < -0.3 is 4.98 Å². The van der Waals surface area contributed by atoms with E-state index in [2.05, 4.69) is 23.8 Å². The fourth-order valence-electron chi connectivity index (χ4n) is 2.30. The molecule has 0 spiro atoms. The van der Waals surface area contributed by atoms with Crippen LogP contribution in [0.25, 0.3) is 11.0 Å². The Balaban J connectivity index is 2.03. The van der Waals surface area contributed by atoms with Crippen LogP contribution in [0.15, 0.2) is 18.2 Å². The molecule has 1 saturated carbocycles. The molecule has 1 atom stereocenters. The molecule has 0 radical (unpaired) electrons. The predicted molar refractivity (Wildman–Crippen MR) is 62.2 cm³/mol. The Labute approximate surface area is 102 Å². The van der Waals surface area contributed by atoms with Crippen molar-refractivity contribution in [2.75, 3.05) is 0 Å². The second-order valence-electron chi connectivity index (χ2n) is 5.60. The third-order valence-electron chi connectivity index (χ3n) is 3.67. The van der Waals surface area contributed by atoms with Gasteiger partial charge >= 0.3 is 6.18 Å². The van der Waals surface area contributed by atoms with Crippen molar-refractivity contribution in [3.63, 3.8) is 0 Å². The van der Waals surface area contributed by atoms with Crippen LogP contribution in [0.5, 0.6) is 0 Å². The number of aromatic nitrogens is 2. The summed E-state index contributed by atoms with van der Waals surface area (Å²) in [7, 11) is 0. The fourth-order valence-corrected chi connectivity index (χ4v) is 2.30. The monoisotopic (exact) mass is 254 g/mol. The maximum Gasteiger partial charge on any atom is 0.416 e. The first kappa shape index (κ1) is 11.6. The normalized spacial score (nSPS) is 22.4. The predicted octanol–water partition coefficient (Wildman–Crippen LogP) is 4.10. The number of nitrogens with zero attached hydrogens (tertiary/aromatic N) is 1. The summed E-state index contributed by atoms with van der Waals surface area (Å²) in [4.78, 5) is 7.39. The van der Waals surface area contributed by atoms with E-state index in [9.17, 15) is 13.2 Å². The first-order valence-electron chi connectivity index (χ1n) is 5.84. The topological polar surface area (TPSA) is 28.7 Å². The van der Waals surface area contributed by atoms with Crippen LogP contribution in [0.4, 0.5) is 13.2 Å². The highest BCUT2D eigenvalue weighted by Gasteiger charge is 2.48. The average Bonchev–Trinajstić information content (AvgIpc) is 2.73. The Morgan fingerprint density at radius 3 is 2.56 bits per heavy atom. The molecule has 1 fully saturated rings. The van der Waals surface area contributed by atoms with Gasteiger partial charge in [-0.1, -0.05) is 13.8 Å². The molecule has 18 heavy (non-hydrogen) atoms. The van der Waals surface area contributed by atoms with Crippen molar-refractivity contribution in [2.24, 2.45) is 5.41 Å². The van der Waals surface area contributed by atoms with Gasteiger partial charge in [-0.05, 0) is 30.0 Å². The molecule has 0 aliphatic heterocycles. The van der Waals surface area contributed by atoms with Crippen molar-refractivity contribution in [3.8, 4) is 0 Å². The molecular formula is C13H13F3N2. The SMILES string of the molecule is CC1(C)CC1c1nc2ccc(C(F)(F)F)cc2[nH]1. The number of aromatic amines is 1.